The van der Waals surface area contributed by atoms with Crippen molar-refractivity contribution >= 4 is 17.0 Å². The monoisotopic (exact) mass is 333 g/mol. The fourth-order valence-corrected chi connectivity index (χ4v) is 2.27. The van der Waals surface area contributed by atoms with Crippen LogP contribution >= 0.6 is 0 Å². The molecule has 24 heavy (non-hydrogen) atoms. The Morgan fingerprint density at radius 2 is 2.00 bits per heavy atom. The summed E-state index contributed by atoms with van der Waals surface area (Å²) in [6.07, 6.45) is 1.74. The van der Waals surface area contributed by atoms with Gasteiger partial charge in [0.2, 0.25) is 0 Å². The van der Waals surface area contributed by atoms with Crippen LogP contribution in [-0.4, -0.2) is 63.0 Å². The van der Waals surface area contributed by atoms with Crippen LogP contribution in [0.15, 0.2) is 29.3 Å². The van der Waals surface area contributed by atoms with Crippen molar-refractivity contribution in [2.75, 3.05) is 47.1 Å². The molecule has 0 unspecified atom stereocenters. The van der Waals surface area contributed by atoms with Crippen LogP contribution in [0.25, 0.3) is 11.0 Å². The zero-order valence-corrected chi connectivity index (χ0v) is 14.5. The van der Waals surface area contributed by atoms with Gasteiger partial charge in [0.25, 0.3) is 0 Å². The summed E-state index contributed by atoms with van der Waals surface area (Å²) in [4.78, 5) is 12.1. The number of H-pyrrole nitrogens is 1. The molecule has 0 bridgehead atoms. The predicted molar refractivity (Wildman–Crippen MR) is 96.5 cm³/mol. The summed E-state index contributed by atoms with van der Waals surface area (Å²) in [6.45, 7) is 3.58. The average Bonchev–Trinajstić information content (AvgIpc) is 3.02. The summed E-state index contributed by atoms with van der Waals surface area (Å²) in [5.74, 6) is 1.77. The van der Waals surface area contributed by atoms with Crippen LogP contribution in [0.2, 0.25) is 0 Å². The van der Waals surface area contributed by atoms with E-state index in [2.05, 4.69) is 25.6 Å². The van der Waals surface area contributed by atoms with Gasteiger partial charge in [0.15, 0.2) is 5.96 Å². The molecule has 0 spiro atoms. The van der Waals surface area contributed by atoms with Gasteiger partial charge in [-0.25, -0.2) is 4.98 Å². The molecule has 7 heteroatoms. The van der Waals surface area contributed by atoms with E-state index in [1.165, 1.54) is 0 Å². The lowest BCUT2D eigenvalue weighted by molar-refractivity contribution is 0.0698. The molecule has 132 valence electrons. The summed E-state index contributed by atoms with van der Waals surface area (Å²) < 4.78 is 10.3. The number of imidazole rings is 1. The predicted octanol–water partition coefficient (Wildman–Crippen LogP) is 1.32. The third kappa shape index (κ3) is 6.17. The zero-order valence-electron chi connectivity index (χ0n) is 14.5. The Labute approximate surface area is 142 Å². The fraction of sp³-hybridized carbons (Fsp3) is 0.529. The lowest BCUT2D eigenvalue weighted by Gasteiger charge is -2.11. The van der Waals surface area contributed by atoms with Crippen molar-refractivity contribution < 1.29 is 9.47 Å². The Morgan fingerprint density at radius 3 is 2.79 bits per heavy atom. The second-order valence-corrected chi connectivity index (χ2v) is 5.34. The highest BCUT2D eigenvalue weighted by atomic mass is 16.5. The van der Waals surface area contributed by atoms with Crippen molar-refractivity contribution in [1.29, 1.82) is 0 Å². The Balaban J connectivity index is 1.61. The minimum Gasteiger partial charge on any atom is -0.382 e. The molecule has 3 N–H and O–H groups in total. The second kappa shape index (κ2) is 10.6. The molecule has 1 heterocycles. The molecule has 7 nitrogen and oxygen atoms in total. The maximum atomic E-state index is 5.42. The first-order valence-corrected chi connectivity index (χ1v) is 8.28. The highest BCUT2D eigenvalue weighted by molar-refractivity contribution is 5.79. The lowest BCUT2D eigenvalue weighted by Crippen LogP contribution is -2.39. The number of hydrogen-bond acceptors (Lipinski definition) is 4. The number of nitrogens with one attached hydrogen (secondary N) is 3. The molecule has 0 fully saturated rings. The van der Waals surface area contributed by atoms with E-state index in [1.807, 2.05) is 24.3 Å². The topological polar surface area (TPSA) is 83.6 Å². The molecule has 2 aromatic rings. The first-order valence-electron chi connectivity index (χ1n) is 8.28. The Bertz CT molecular complexity index is 593. The van der Waals surface area contributed by atoms with Crippen LogP contribution in [0.1, 0.15) is 12.2 Å². The SMILES string of the molecule is CN=C(NCCCOCCOC)NCCc1nc2ccccc2[nH]1. The van der Waals surface area contributed by atoms with Crippen molar-refractivity contribution in [1.82, 2.24) is 20.6 Å². The molecule has 0 atom stereocenters. The molecule has 0 aliphatic carbocycles. The van der Waals surface area contributed by atoms with E-state index in [0.717, 1.165) is 48.7 Å². The molecule has 0 saturated carbocycles. The summed E-state index contributed by atoms with van der Waals surface area (Å²) in [7, 11) is 3.44. The van der Waals surface area contributed by atoms with Crippen molar-refractivity contribution in [3.05, 3.63) is 30.1 Å². The van der Waals surface area contributed by atoms with E-state index < -0.39 is 0 Å². The van der Waals surface area contributed by atoms with Gasteiger partial charge < -0.3 is 25.1 Å². The molecule has 1 aromatic carbocycles. The number of aromatic nitrogens is 2. The van der Waals surface area contributed by atoms with E-state index in [-0.39, 0.29) is 0 Å². The van der Waals surface area contributed by atoms with E-state index in [1.54, 1.807) is 14.2 Å². The highest BCUT2D eigenvalue weighted by Crippen LogP contribution is 2.10. The van der Waals surface area contributed by atoms with Gasteiger partial charge in [-0.2, -0.15) is 0 Å². The van der Waals surface area contributed by atoms with E-state index >= 15 is 0 Å². The summed E-state index contributed by atoms with van der Waals surface area (Å²) in [6, 6.07) is 8.05. The van der Waals surface area contributed by atoms with Crippen molar-refractivity contribution in [3.8, 4) is 0 Å². The van der Waals surface area contributed by atoms with E-state index in [4.69, 9.17) is 9.47 Å². The number of para-hydroxylation sites is 2. The molecule has 2 rings (SSSR count). The van der Waals surface area contributed by atoms with Crippen molar-refractivity contribution in [2.24, 2.45) is 4.99 Å². The molecule has 0 radical (unpaired) electrons. The van der Waals surface area contributed by atoms with Gasteiger partial charge in [0, 0.05) is 40.3 Å². The number of hydrogen-bond donors (Lipinski definition) is 3. The third-order valence-electron chi connectivity index (χ3n) is 3.51. The average molecular weight is 333 g/mol. The molecule has 0 aliphatic heterocycles. The van der Waals surface area contributed by atoms with Crippen LogP contribution in [-0.2, 0) is 15.9 Å². The highest BCUT2D eigenvalue weighted by Gasteiger charge is 2.02. The van der Waals surface area contributed by atoms with Crippen molar-refractivity contribution in [2.45, 2.75) is 12.8 Å². The summed E-state index contributed by atoms with van der Waals surface area (Å²) in [5.41, 5.74) is 2.08. The smallest absolute Gasteiger partial charge is 0.190 e. The summed E-state index contributed by atoms with van der Waals surface area (Å²) >= 11 is 0. The van der Waals surface area contributed by atoms with Crippen LogP contribution in [0, 0.1) is 0 Å². The summed E-state index contributed by atoms with van der Waals surface area (Å²) in [5, 5.41) is 6.56. The Hall–Kier alpha value is -2.12. The van der Waals surface area contributed by atoms with Gasteiger partial charge >= 0.3 is 0 Å². The molecular formula is C17H27N5O2. The number of benzene rings is 1. The quantitative estimate of drug-likeness (QED) is 0.347. The van der Waals surface area contributed by atoms with Crippen LogP contribution < -0.4 is 10.6 Å². The standard InChI is InChI=1S/C17H27N5O2/c1-18-17(19-9-5-11-24-13-12-23-2)20-10-8-16-21-14-6-3-4-7-15(14)22-16/h3-4,6-7H,5,8-13H2,1-2H3,(H,21,22)(H2,18,19,20). The number of guanidine groups is 1. The van der Waals surface area contributed by atoms with Crippen LogP contribution in [0.4, 0.5) is 0 Å². The minimum atomic E-state index is 0.637. The number of aromatic amines is 1. The maximum Gasteiger partial charge on any atom is 0.190 e. The largest absolute Gasteiger partial charge is 0.382 e. The number of aliphatic imine (C=N–C) groups is 1. The Morgan fingerprint density at radius 1 is 1.17 bits per heavy atom. The van der Waals surface area contributed by atoms with Crippen LogP contribution in [0.5, 0.6) is 0 Å². The molecule has 0 amide bonds. The van der Waals surface area contributed by atoms with Gasteiger partial charge in [-0.05, 0) is 18.6 Å². The number of nitrogens with zero attached hydrogens (tertiary/aromatic N) is 2. The van der Waals surface area contributed by atoms with Gasteiger partial charge in [0.05, 0.1) is 24.2 Å². The fourth-order valence-electron chi connectivity index (χ4n) is 2.27. The number of ether oxygens (including phenoxy) is 2. The van der Waals surface area contributed by atoms with Gasteiger partial charge in [-0.15, -0.1) is 0 Å². The van der Waals surface area contributed by atoms with Crippen molar-refractivity contribution in [3.63, 3.8) is 0 Å². The third-order valence-corrected chi connectivity index (χ3v) is 3.51. The zero-order chi connectivity index (χ0) is 17.0. The van der Waals surface area contributed by atoms with E-state index in [0.29, 0.717) is 19.8 Å². The first-order chi connectivity index (χ1) is 11.8. The van der Waals surface area contributed by atoms with Gasteiger partial charge in [0.1, 0.15) is 5.82 Å². The molecule has 0 saturated heterocycles. The van der Waals surface area contributed by atoms with Gasteiger partial charge in [-0.1, -0.05) is 12.1 Å². The Kier molecular flexibility index (Phi) is 8.06. The van der Waals surface area contributed by atoms with Crippen LogP contribution in [0.3, 0.4) is 0 Å². The number of rotatable bonds is 10. The second-order valence-electron chi connectivity index (χ2n) is 5.34. The number of methoxy groups -OCH3 is 1. The van der Waals surface area contributed by atoms with E-state index in [9.17, 15) is 0 Å². The molecule has 1 aromatic heterocycles. The molecular weight excluding hydrogens is 306 g/mol. The minimum absolute atomic E-state index is 0.637. The number of fused-ring (bicyclic) bond motifs is 1. The molecule has 0 aliphatic rings. The lowest BCUT2D eigenvalue weighted by atomic mass is 10.3. The first kappa shape index (κ1) is 18.2. The maximum absolute atomic E-state index is 5.42. The van der Waals surface area contributed by atoms with Gasteiger partial charge in [-0.3, -0.25) is 4.99 Å². The normalized spacial score (nSPS) is 11.8.